The molecule has 0 aliphatic heterocycles. The molecule has 0 spiro atoms. The lowest BCUT2D eigenvalue weighted by Crippen LogP contribution is -2.30. The van der Waals surface area contributed by atoms with E-state index in [0.29, 0.717) is 19.3 Å². The molecule has 0 heterocycles. The molecule has 0 aromatic rings. The van der Waals surface area contributed by atoms with Crippen LogP contribution in [-0.2, 0) is 42.2 Å². The van der Waals surface area contributed by atoms with Crippen molar-refractivity contribution in [2.24, 2.45) is 0 Å². The Hall–Kier alpha value is -3.60. The molecule has 0 aromatic carbocycles. The first kappa shape index (κ1) is 76.4. The van der Waals surface area contributed by atoms with Crippen molar-refractivity contribution in [2.45, 2.75) is 290 Å². The lowest BCUT2D eigenvalue weighted by molar-refractivity contribution is -0.161. The lowest BCUT2D eigenvalue weighted by atomic mass is 10.0. The van der Waals surface area contributed by atoms with Gasteiger partial charge in [0, 0.05) is 19.3 Å². The maximum absolute atomic E-state index is 13.0. The van der Waals surface area contributed by atoms with Gasteiger partial charge in [-0.1, -0.05) is 259 Å². The molecule has 0 aromatic heterocycles. The van der Waals surface area contributed by atoms with Crippen molar-refractivity contribution in [1.82, 2.24) is 0 Å². The van der Waals surface area contributed by atoms with Crippen molar-refractivity contribution in [3.63, 3.8) is 0 Å². The molecule has 0 aliphatic carbocycles. The minimum atomic E-state index is -4.77. The van der Waals surface area contributed by atoms with Crippen molar-refractivity contribution >= 4 is 25.7 Å². The van der Waals surface area contributed by atoms with Crippen molar-refractivity contribution in [3.8, 4) is 0 Å². The second-order valence-electron chi connectivity index (χ2n) is 21.2. The Morgan fingerprint density at radius 3 is 1.01 bits per heavy atom. The predicted molar refractivity (Wildman–Crippen MR) is 334 cm³/mol. The molecule has 0 radical (unpaired) electrons. The Kier molecular flexibility index (Phi) is 58.7. The zero-order valence-electron chi connectivity index (χ0n) is 51.0. The Morgan fingerprint density at radius 1 is 0.362 bits per heavy atom. The van der Waals surface area contributed by atoms with E-state index in [4.69, 9.17) is 23.3 Å². The largest absolute Gasteiger partial charge is 0.472 e. The van der Waals surface area contributed by atoms with Crippen LogP contribution in [0.15, 0.2) is 97.2 Å². The lowest BCUT2D eigenvalue weighted by Gasteiger charge is -2.21. The monoisotopic (exact) mass is 1140 g/mol. The number of hydrogen-bond acceptors (Lipinski definition) is 10. The van der Waals surface area contributed by atoms with E-state index in [1.54, 1.807) is 0 Å². The molecule has 460 valence electrons. The SMILES string of the molecule is CC/C=C\C/C=C\C/C=C\C/C=C\C/C=C\CCCCCC(=O)OCC(COP(=O)(O)OCC(CO)OC(=O)CCCCCCCCCCCCCCCCCCC)OC(=O)CCCCCCCCC/C=C\C/C=C\C/C=C\CC. The molecule has 0 saturated heterocycles. The normalized spacial score (nSPS) is 13.9. The number of phosphoric acid groups is 1. The summed E-state index contributed by atoms with van der Waals surface area (Å²) in [7, 11) is -4.77. The number of carbonyl (C=O) groups excluding carboxylic acids is 3. The molecule has 2 N–H and O–H groups in total. The van der Waals surface area contributed by atoms with E-state index in [9.17, 15) is 28.9 Å². The average molecular weight is 1140 g/mol. The molecule has 12 heteroatoms. The van der Waals surface area contributed by atoms with E-state index >= 15 is 0 Å². The molecular weight excluding hydrogens is 1020 g/mol. The van der Waals surface area contributed by atoms with Gasteiger partial charge in [-0.2, -0.15) is 0 Å². The van der Waals surface area contributed by atoms with Gasteiger partial charge in [0.2, 0.25) is 0 Å². The number of aliphatic hydroxyl groups excluding tert-OH is 1. The fraction of sp³-hybridized carbons (Fsp3) is 0.721. The van der Waals surface area contributed by atoms with Crippen LogP contribution in [0.1, 0.15) is 278 Å². The van der Waals surface area contributed by atoms with Crippen LogP contribution >= 0.6 is 7.82 Å². The zero-order valence-corrected chi connectivity index (χ0v) is 51.9. The van der Waals surface area contributed by atoms with Gasteiger partial charge in [0.05, 0.1) is 19.8 Å². The van der Waals surface area contributed by atoms with E-state index < -0.39 is 57.8 Å². The Balaban J connectivity index is 4.75. The van der Waals surface area contributed by atoms with Crippen molar-refractivity contribution < 1.29 is 52.2 Å². The van der Waals surface area contributed by atoms with E-state index in [1.165, 1.54) is 89.9 Å². The number of unbranched alkanes of at least 4 members (excludes halogenated alkanes) is 26. The van der Waals surface area contributed by atoms with Crippen LogP contribution < -0.4 is 0 Å². The first-order chi connectivity index (χ1) is 39.2. The summed E-state index contributed by atoms with van der Waals surface area (Å²) in [5, 5.41) is 9.86. The molecule has 0 fully saturated rings. The fourth-order valence-electron chi connectivity index (χ4n) is 8.69. The van der Waals surface area contributed by atoms with Gasteiger partial charge < -0.3 is 24.2 Å². The van der Waals surface area contributed by atoms with Crippen molar-refractivity contribution in [1.29, 1.82) is 0 Å². The van der Waals surface area contributed by atoms with Gasteiger partial charge in [-0.15, -0.1) is 0 Å². The summed E-state index contributed by atoms with van der Waals surface area (Å²) < 4.78 is 39.7. The fourth-order valence-corrected chi connectivity index (χ4v) is 9.48. The number of ether oxygens (including phenoxy) is 3. The highest BCUT2D eigenvalue weighted by Crippen LogP contribution is 2.43. The molecule has 3 atom stereocenters. The van der Waals surface area contributed by atoms with Crippen LogP contribution in [0.4, 0.5) is 0 Å². The molecule has 0 aliphatic rings. The van der Waals surface area contributed by atoms with Crippen LogP contribution in [0, 0.1) is 0 Å². The molecular formula is C68H117O11P. The van der Waals surface area contributed by atoms with E-state index in [0.717, 1.165) is 128 Å². The summed E-state index contributed by atoms with van der Waals surface area (Å²) in [5.74, 6) is -1.51. The summed E-state index contributed by atoms with van der Waals surface area (Å²) in [5.41, 5.74) is 0. The first-order valence-electron chi connectivity index (χ1n) is 32.1. The van der Waals surface area contributed by atoms with Gasteiger partial charge >= 0.3 is 25.7 Å². The predicted octanol–water partition coefficient (Wildman–Crippen LogP) is 19.6. The topological polar surface area (TPSA) is 155 Å². The number of phosphoric ester groups is 1. The first-order valence-corrected chi connectivity index (χ1v) is 33.6. The third-order valence-corrected chi connectivity index (χ3v) is 14.5. The van der Waals surface area contributed by atoms with Gasteiger partial charge in [0.1, 0.15) is 12.7 Å². The zero-order chi connectivity index (χ0) is 58.3. The van der Waals surface area contributed by atoms with Gasteiger partial charge in [-0.25, -0.2) is 4.57 Å². The van der Waals surface area contributed by atoms with Crippen LogP contribution in [0.3, 0.4) is 0 Å². The minimum absolute atomic E-state index is 0.146. The molecule has 0 amide bonds. The number of rotatable bonds is 59. The van der Waals surface area contributed by atoms with E-state index in [1.807, 2.05) is 0 Å². The number of aliphatic hydroxyl groups is 1. The second-order valence-corrected chi connectivity index (χ2v) is 22.6. The van der Waals surface area contributed by atoms with Crippen LogP contribution in [-0.4, -0.2) is 66.5 Å². The quantitative estimate of drug-likeness (QED) is 0.0197. The summed E-state index contributed by atoms with van der Waals surface area (Å²) in [6, 6.07) is 0. The maximum Gasteiger partial charge on any atom is 0.472 e. The Bertz CT molecular complexity index is 1710. The van der Waals surface area contributed by atoms with Gasteiger partial charge in [0.15, 0.2) is 6.10 Å². The molecule has 80 heavy (non-hydrogen) atoms. The summed E-state index contributed by atoms with van der Waals surface area (Å²) in [6.45, 7) is 4.41. The third kappa shape index (κ3) is 59.0. The van der Waals surface area contributed by atoms with Crippen molar-refractivity contribution in [3.05, 3.63) is 97.2 Å². The van der Waals surface area contributed by atoms with Crippen LogP contribution in [0.5, 0.6) is 0 Å². The number of carbonyl (C=O) groups is 3. The smallest absolute Gasteiger partial charge is 0.462 e. The summed E-state index contributed by atoms with van der Waals surface area (Å²) >= 11 is 0. The second kappa shape index (κ2) is 61.5. The van der Waals surface area contributed by atoms with E-state index in [2.05, 4.69) is 118 Å². The number of hydrogen-bond donors (Lipinski definition) is 2. The number of allylic oxidation sites excluding steroid dienone is 16. The van der Waals surface area contributed by atoms with Crippen LogP contribution in [0.2, 0.25) is 0 Å². The van der Waals surface area contributed by atoms with Crippen molar-refractivity contribution in [2.75, 3.05) is 26.4 Å². The summed E-state index contributed by atoms with van der Waals surface area (Å²) in [4.78, 5) is 48.8. The third-order valence-electron chi connectivity index (χ3n) is 13.5. The van der Waals surface area contributed by atoms with E-state index in [-0.39, 0.29) is 25.9 Å². The Labute approximate surface area is 489 Å². The minimum Gasteiger partial charge on any atom is -0.462 e. The number of esters is 3. The maximum atomic E-state index is 13.0. The molecule has 3 unspecified atom stereocenters. The summed E-state index contributed by atoms with van der Waals surface area (Å²) in [6.07, 6.45) is 73.6. The van der Waals surface area contributed by atoms with Crippen LogP contribution in [0.25, 0.3) is 0 Å². The standard InChI is InChI=1S/C68H117O11P/c1-4-7-10-13-16-19-22-25-28-31-32-35-36-39-42-45-48-51-54-57-66(70)75-61-65(79-68(72)59-56-53-50-47-44-41-38-34-30-27-24-21-18-15-12-9-6-3)63-77-80(73,74)76-62-64(60-69)78-67(71)58-55-52-49-46-43-40-37-33-29-26-23-20-17-14-11-8-5-2/h7,9-10,12,16,18-19,21,25,27-28,30,32,35,39,42,64-65,69H,4-6,8,11,13-15,17,20,22-24,26,29,31,33-34,36-38,40-41,43-63H2,1-3H3,(H,73,74)/b10-7-,12-9-,19-16-,21-18-,28-25-,30-27-,35-32-,42-39-. The molecule has 11 nitrogen and oxygen atoms in total. The van der Waals surface area contributed by atoms with Gasteiger partial charge in [-0.05, 0) is 96.3 Å². The average Bonchev–Trinajstić information content (AvgIpc) is 3.45. The molecule has 0 bridgehead atoms. The Morgan fingerprint density at radius 2 is 0.650 bits per heavy atom. The molecule has 0 rings (SSSR count). The van der Waals surface area contributed by atoms with Gasteiger partial charge in [-0.3, -0.25) is 23.4 Å². The van der Waals surface area contributed by atoms with Gasteiger partial charge in [0.25, 0.3) is 0 Å². The highest BCUT2D eigenvalue weighted by molar-refractivity contribution is 7.47. The highest BCUT2D eigenvalue weighted by atomic mass is 31.2. The molecule has 0 saturated carbocycles. The highest BCUT2D eigenvalue weighted by Gasteiger charge is 2.28.